The molecule has 7 nitrogen and oxygen atoms in total. The summed E-state index contributed by atoms with van der Waals surface area (Å²) in [5, 5.41) is 22.7. The van der Waals surface area contributed by atoms with Gasteiger partial charge in [-0.1, -0.05) is 18.2 Å². The second-order valence-electron chi connectivity index (χ2n) is 4.04. The van der Waals surface area contributed by atoms with E-state index in [-0.39, 0.29) is 5.92 Å². The molecule has 7 heteroatoms. The third-order valence-corrected chi connectivity index (χ3v) is 2.59. The molecular formula is C11H13N7. The molecule has 92 valence electrons. The molecule has 0 aliphatic carbocycles. The third kappa shape index (κ3) is 2.60. The van der Waals surface area contributed by atoms with Gasteiger partial charge < -0.3 is 4.90 Å². The van der Waals surface area contributed by atoms with Gasteiger partial charge in [-0.25, -0.2) is 4.98 Å². The van der Waals surface area contributed by atoms with E-state index in [0.29, 0.717) is 18.1 Å². The Hall–Kier alpha value is -2.49. The quantitative estimate of drug-likeness (QED) is 0.849. The van der Waals surface area contributed by atoms with Gasteiger partial charge in [-0.05, 0) is 12.1 Å². The monoisotopic (exact) mass is 243 g/mol. The molecule has 18 heavy (non-hydrogen) atoms. The summed E-state index contributed by atoms with van der Waals surface area (Å²) in [7, 11) is 1.92. The number of nitrogens with zero attached hydrogens (tertiary/aromatic N) is 6. The lowest BCUT2D eigenvalue weighted by Crippen LogP contribution is -2.24. The number of hydrogen-bond donors (Lipinski definition) is 1. The van der Waals surface area contributed by atoms with Crippen molar-refractivity contribution in [1.82, 2.24) is 25.6 Å². The Bertz CT molecular complexity index is 543. The van der Waals surface area contributed by atoms with Crippen LogP contribution in [-0.2, 0) is 0 Å². The number of anilines is 1. The Morgan fingerprint density at radius 3 is 3.00 bits per heavy atom. The summed E-state index contributed by atoms with van der Waals surface area (Å²) < 4.78 is 0. The van der Waals surface area contributed by atoms with Crippen LogP contribution in [0.25, 0.3) is 0 Å². The zero-order valence-electron chi connectivity index (χ0n) is 10.2. The maximum atomic E-state index is 8.81. The number of likely N-dealkylation sites (N-methyl/N-ethyl adjacent to an activating group) is 1. The first-order valence-electron chi connectivity index (χ1n) is 5.52. The summed E-state index contributed by atoms with van der Waals surface area (Å²) in [4.78, 5) is 6.19. The summed E-state index contributed by atoms with van der Waals surface area (Å²) in [6.07, 6.45) is 0. The first-order chi connectivity index (χ1) is 8.70. The highest BCUT2D eigenvalue weighted by Crippen LogP contribution is 2.15. The largest absolute Gasteiger partial charge is 0.359 e. The molecule has 0 saturated heterocycles. The van der Waals surface area contributed by atoms with E-state index in [1.54, 1.807) is 6.07 Å². The van der Waals surface area contributed by atoms with Crippen LogP contribution in [0.3, 0.4) is 0 Å². The molecule has 2 aromatic rings. The summed E-state index contributed by atoms with van der Waals surface area (Å²) in [6.45, 7) is 2.71. The second kappa shape index (κ2) is 5.23. The Labute approximate surface area is 104 Å². The number of tetrazole rings is 1. The van der Waals surface area contributed by atoms with Gasteiger partial charge in [0.2, 0.25) is 0 Å². The van der Waals surface area contributed by atoms with Crippen molar-refractivity contribution in [3.63, 3.8) is 0 Å². The van der Waals surface area contributed by atoms with E-state index < -0.39 is 0 Å². The van der Waals surface area contributed by atoms with Gasteiger partial charge in [0.1, 0.15) is 17.6 Å². The number of aromatic nitrogens is 5. The number of pyridine rings is 1. The van der Waals surface area contributed by atoms with Crippen LogP contribution in [-0.4, -0.2) is 39.2 Å². The summed E-state index contributed by atoms with van der Waals surface area (Å²) in [5.41, 5.74) is 0.409. The maximum absolute atomic E-state index is 8.81. The maximum Gasteiger partial charge on any atom is 0.179 e. The van der Waals surface area contributed by atoms with E-state index in [2.05, 4.69) is 25.6 Å². The topological polar surface area (TPSA) is 94.4 Å². The van der Waals surface area contributed by atoms with Crippen LogP contribution in [0.15, 0.2) is 18.2 Å². The van der Waals surface area contributed by atoms with Gasteiger partial charge in [0.25, 0.3) is 0 Å². The minimum absolute atomic E-state index is 0.126. The number of nitrogens with one attached hydrogen (secondary N) is 1. The predicted molar refractivity (Wildman–Crippen MR) is 64.8 cm³/mol. The number of nitriles is 1. The lowest BCUT2D eigenvalue weighted by Gasteiger charge is -2.20. The Morgan fingerprint density at radius 2 is 2.33 bits per heavy atom. The molecule has 2 aromatic heterocycles. The van der Waals surface area contributed by atoms with Crippen LogP contribution in [0.5, 0.6) is 0 Å². The van der Waals surface area contributed by atoms with Crippen molar-refractivity contribution < 1.29 is 0 Å². The van der Waals surface area contributed by atoms with Crippen LogP contribution in [0.4, 0.5) is 5.82 Å². The summed E-state index contributed by atoms with van der Waals surface area (Å²) in [6, 6.07) is 7.39. The molecule has 0 saturated carbocycles. The highest BCUT2D eigenvalue weighted by molar-refractivity contribution is 5.41. The highest BCUT2D eigenvalue weighted by atomic mass is 15.5. The average Bonchev–Trinajstić information content (AvgIpc) is 2.92. The predicted octanol–water partition coefficient (Wildman–Crippen LogP) is 0.706. The number of H-pyrrole nitrogens is 1. The van der Waals surface area contributed by atoms with Crippen molar-refractivity contribution in [2.24, 2.45) is 0 Å². The Kier molecular flexibility index (Phi) is 3.48. The smallest absolute Gasteiger partial charge is 0.179 e. The van der Waals surface area contributed by atoms with Crippen molar-refractivity contribution in [1.29, 1.82) is 5.26 Å². The van der Waals surface area contributed by atoms with E-state index >= 15 is 0 Å². The molecule has 2 heterocycles. The average molecular weight is 243 g/mol. The first-order valence-corrected chi connectivity index (χ1v) is 5.52. The third-order valence-electron chi connectivity index (χ3n) is 2.59. The fraction of sp³-hybridized carbons (Fsp3) is 0.364. The van der Waals surface area contributed by atoms with E-state index in [1.165, 1.54) is 0 Å². The lowest BCUT2D eigenvalue weighted by atomic mass is 10.1. The Balaban J connectivity index is 2.07. The standard InChI is InChI=1S/C11H13N7/c1-8(11-14-16-17-15-11)7-18(2)10-5-3-4-9(6-12)13-10/h3-5,8H,7H2,1-2H3,(H,14,15,16,17)/t8-/m0/s1. The minimum Gasteiger partial charge on any atom is -0.359 e. The highest BCUT2D eigenvalue weighted by Gasteiger charge is 2.14. The van der Waals surface area contributed by atoms with Gasteiger partial charge in [0.15, 0.2) is 5.82 Å². The molecule has 0 spiro atoms. The van der Waals surface area contributed by atoms with Gasteiger partial charge in [-0.3, -0.25) is 0 Å². The van der Waals surface area contributed by atoms with Gasteiger partial charge >= 0.3 is 0 Å². The van der Waals surface area contributed by atoms with Crippen LogP contribution in [0.1, 0.15) is 24.4 Å². The SMILES string of the molecule is C[C@@H](CN(C)c1cccc(C#N)n1)c1nn[nH]n1. The van der Waals surface area contributed by atoms with E-state index in [1.807, 2.05) is 37.1 Å². The van der Waals surface area contributed by atoms with Crippen LogP contribution < -0.4 is 4.90 Å². The van der Waals surface area contributed by atoms with Gasteiger partial charge in [-0.15, -0.1) is 10.2 Å². The number of rotatable bonds is 4. The van der Waals surface area contributed by atoms with Crippen molar-refractivity contribution in [2.75, 3.05) is 18.5 Å². The van der Waals surface area contributed by atoms with Crippen molar-refractivity contribution >= 4 is 5.82 Å². The normalized spacial score (nSPS) is 11.8. The molecule has 2 rings (SSSR count). The van der Waals surface area contributed by atoms with Crippen LogP contribution in [0, 0.1) is 11.3 Å². The summed E-state index contributed by atoms with van der Waals surface area (Å²) in [5.74, 6) is 1.55. The molecule has 0 radical (unpaired) electrons. The Morgan fingerprint density at radius 1 is 1.50 bits per heavy atom. The fourth-order valence-electron chi connectivity index (χ4n) is 1.66. The molecule has 0 amide bonds. The molecule has 0 bridgehead atoms. The molecule has 0 aliphatic heterocycles. The van der Waals surface area contributed by atoms with E-state index in [4.69, 9.17) is 5.26 Å². The zero-order valence-corrected chi connectivity index (χ0v) is 10.2. The van der Waals surface area contributed by atoms with Crippen molar-refractivity contribution in [3.8, 4) is 6.07 Å². The van der Waals surface area contributed by atoms with Gasteiger partial charge in [-0.2, -0.15) is 10.5 Å². The van der Waals surface area contributed by atoms with E-state index in [9.17, 15) is 0 Å². The molecule has 1 N–H and O–H groups in total. The first kappa shape index (κ1) is 12.0. The van der Waals surface area contributed by atoms with Gasteiger partial charge in [0, 0.05) is 19.5 Å². The number of hydrogen-bond acceptors (Lipinski definition) is 6. The fourth-order valence-corrected chi connectivity index (χ4v) is 1.66. The summed E-state index contributed by atoms with van der Waals surface area (Å²) >= 11 is 0. The lowest BCUT2D eigenvalue weighted by molar-refractivity contribution is 0.682. The van der Waals surface area contributed by atoms with Gasteiger partial charge in [0.05, 0.1) is 0 Å². The number of aromatic amines is 1. The molecule has 0 unspecified atom stereocenters. The molecule has 0 aromatic carbocycles. The minimum atomic E-state index is 0.126. The zero-order chi connectivity index (χ0) is 13.0. The van der Waals surface area contributed by atoms with Crippen molar-refractivity contribution in [2.45, 2.75) is 12.8 Å². The molecule has 0 fully saturated rings. The molecular weight excluding hydrogens is 230 g/mol. The van der Waals surface area contributed by atoms with Crippen LogP contribution >= 0.6 is 0 Å². The second-order valence-corrected chi connectivity index (χ2v) is 4.04. The van der Waals surface area contributed by atoms with Crippen LogP contribution in [0.2, 0.25) is 0 Å². The van der Waals surface area contributed by atoms with Crippen molar-refractivity contribution in [3.05, 3.63) is 29.7 Å². The molecule has 0 aliphatic rings. The molecule has 1 atom stereocenters. The van der Waals surface area contributed by atoms with E-state index in [0.717, 1.165) is 5.82 Å².